The number of halogens is 1. The van der Waals surface area contributed by atoms with Crippen molar-refractivity contribution in [3.63, 3.8) is 0 Å². The van der Waals surface area contributed by atoms with Crippen LogP contribution in [0.1, 0.15) is 18.9 Å². The van der Waals surface area contributed by atoms with E-state index in [1.54, 1.807) is 0 Å². The fourth-order valence-electron chi connectivity index (χ4n) is 1.77. The Morgan fingerprint density at radius 1 is 1.10 bits per heavy atom. The van der Waals surface area contributed by atoms with Crippen LogP contribution in [0, 0.1) is 0 Å². The Morgan fingerprint density at radius 3 is 2.45 bits per heavy atom. The average molecular weight is 289 g/mol. The number of nitrogens with one attached hydrogen (secondary N) is 2. The number of benzene rings is 2. The van der Waals surface area contributed by atoms with Crippen LogP contribution < -0.4 is 10.6 Å². The molecule has 0 aliphatic rings. The molecule has 0 bridgehead atoms. The first kappa shape index (κ1) is 14.4. The van der Waals surface area contributed by atoms with Crippen molar-refractivity contribution in [1.29, 1.82) is 0 Å². The molecule has 0 aromatic heterocycles. The molecule has 2 N–H and O–H groups in total. The summed E-state index contributed by atoms with van der Waals surface area (Å²) in [6.07, 6.45) is 0.481. The molecule has 2 rings (SSSR count). The smallest absolute Gasteiger partial charge is 0.224 e. The van der Waals surface area contributed by atoms with Gasteiger partial charge in [-0.15, -0.1) is 0 Å². The number of amides is 1. The third kappa shape index (κ3) is 4.28. The number of carbonyl (C=O) groups is 1. The van der Waals surface area contributed by atoms with E-state index in [4.69, 9.17) is 11.6 Å². The second-order valence-corrected chi connectivity index (χ2v) is 4.90. The molecule has 2 aromatic carbocycles. The molecule has 0 aliphatic carbocycles. The van der Waals surface area contributed by atoms with Crippen molar-refractivity contribution in [3.05, 3.63) is 59.1 Å². The van der Waals surface area contributed by atoms with Gasteiger partial charge in [-0.3, -0.25) is 4.79 Å². The predicted molar refractivity (Wildman–Crippen MR) is 84.1 cm³/mol. The molecule has 4 heteroatoms. The van der Waals surface area contributed by atoms with E-state index in [2.05, 4.69) is 10.6 Å². The van der Waals surface area contributed by atoms with Crippen LogP contribution in [-0.2, 0) is 11.3 Å². The number of anilines is 2. The summed E-state index contributed by atoms with van der Waals surface area (Å²) < 4.78 is 0. The largest absolute Gasteiger partial charge is 0.381 e. The van der Waals surface area contributed by atoms with Crippen molar-refractivity contribution in [1.82, 2.24) is 0 Å². The zero-order valence-electron chi connectivity index (χ0n) is 11.3. The van der Waals surface area contributed by atoms with Crippen LogP contribution in [-0.4, -0.2) is 5.91 Å². The van der Waals surface area contributed by atoms with E-state index in [1.807, 2.05) is 55.5 Å². The second kappa shape index (κ2) is 6.96. The van der Waals surface area contributed by atoms with Crippen LogP contribution in [0.5, 0.6) is 0 Å². The Labute approximate surface area is 124 Å². The van der Waals surface area contributed by atoms with Gasteiger partial charge in [-0.2, -0.15) is 0 Å². The lowest BCUT2D eigenvalue weighted by Gasteiger charge is -2.08. The van der Waals surface area contributed by atoms with E-state index >= 15 is 0 Å². The first-order valence-corrected chi connectivity index (χ1v) is 6.93. The maximum atomic E-state index is 11.3. The fraction of sp³-hybridized carbons (Fsp3) is 0.188. The van der Waals surface area contributed by atoms with Crippen LogP contribution >= 0.6 is 11.6 Å². The normalized spacial score (nSPS) is 10.1. The van der Waals surface area contributed by atoms with Gasteiger partial charge >= 0.3 is 0 Å². The van der Waals surface area contributed by atoms with Gasteiger partial charge in [0, 0.05) is 29.4 Å². The molecule has 2 aromatic rings. The quantitative estimate of drug-likeness (QED) is 0.861. The van der Waals surface area contributed by atoms with Gasteiger partial charge in [0.1, 0.15) is 0 Å². The number of rotatable bonds is 5. The summed E-state index contributed by atoms with van der Waals surface area (Å²) >= 11 is 5.94. The molecule has 0 aliphatic heterocycles. The van der Waals surface area contributed by atoms with Crippen molar-refractivity contribution in [2.75, 3.05) is 10.6 Å². The van der Waals surface area contributed by atoms with Crippen LogP contribution in [0.3, 0.4) is 0 Å². The Balaban J connectivity index is 1.92. The number of carbonyl (C=O) groups excluding carboxylic acids is 1. The number of hydrogen-bond acceptors (Lipinski definition) is 2. The average Bonchev–Trinajstić information content (AvgIpc) is 2.46. The van der Waals surface area contributed by atoms with Crippen molar-refractivity contribution >= 4 is 28.9 Å². The highest BCUT2D eigenvalue weighted by Crippen LogP contribution is 2.16. The van der Waals surface area contributed by atoms with E-state index in [1.165, 1.54) is 0 Å². The van der Waals surface area contributed by atoms with Crippen molar-refractivity contribution < 1.29 is 4.79 Å². The lowest BCUT2D eigenvalue weighted by Crippen LogP contribution is -2.09. The zero-order valence-corrected chi connectivity index (χ0v) is 12.1. The Bertz CT molecular complexity index is 581. The maximum Gasteiger partial charge on any atom is 0.224 e. The summed E-state index contributed by atoms with van der Waals surface area (Å²) in [4.78, 5) is 11.3. The van der Waals surface area contributed by atoms with Gasteiger partial charge in [0.05, 0.1) is 0 Å². The third-order valence-electron chi connectivity index (χ3n) is 2.88. The van der Waals surface area contributed by atoms with Crippen LogP contribution in [0.25, 0.3) is 0 Å². The van der Waals surface area contributed by atoms with Gasteiger partial charge in [-0.1, -0.05) is 30.7 Å². The van der Waals surface area contributed by atoms with Gasteiger partial charge in [-0.25, -0.2) is 0 Å². The van der Waals surface area contributed by atoms with Crippen LogP contribution in [0.15, 0.2) is 48.5 Å². The molecule has 0 saturated heterocycles. The predicted octanol–water partition coefficient (Wildman–Crippen LogP) is 4.30. The lowest BCUT2D eigenvalue weighted by atomic mass is 10.2. The molecule has 0 spiro atoms. The Kier molecular flexibility index (Phi) is 5.02. The zero-order chi connectivity index (χ0) is 14.4. The first-order chi connectivity index (χ1) is 9.67. The van der Waals surface area contributed by atoms with Gasteiger partial charge in [0.2, 0.25) is 5.91 Å². The molecule has 0 heterocycles. The summed E-state index contributed by atoms with van der Waals surface area (Å²) in [5, 5.41) is 6.87. The van der Waals surface area contributed by atoms with Gasteiger partial charge in [-0.05, 0) is 42.0 Å². The first-order valence-electron chi connectivity index (χ1n) is 6.55. The molecule has 0 unspecified atom stereocenters. The van der Waals surface area contributed by atoms with Gasteiger partial charge < -0.3 is 10.6 Å². The van der Waals surface area contributed by atoms with E-state index in [0.29, 0.717) is 13.0 Å². The summed E-state index contributed by atoms with van der Waals surface area (Å²) in [6.45, 7) is 2.54. The molecule has 0 fully saturated rings. The van der Waals surface area contributed by atoms with Crippen molar-refractivity contribution in [2.24, 2.45) is 0 Å². The number of hydrogen-bond donors (Lipinski definition) is 2. The fourth-order valence-corrected chi connectivity index (χ4v) is 1.98. The Morgan fingerprint density at radius 2 is 1.80 bits per heavy atom. The molecule has 0 saturated carbocycles. The summed E-state index contributed by atoms with van der Waals surface area (Å²) in [6, 6.07) is 15.4. The van der Waals surface area contributed by atoms with E-state index in [9.17, 15) is 4.79 Å². The summed E-state index contributed by atoms with van der Waals surface area (Å²) in [5.41, 5.74) is 2.94. The topological polar surface area (TPSA) is 41.1 Å². The van der Waals surface area contributed by atoms with Gasteiger partial charge in [0.15, 0.2) is 0 Å². The molecule has 104 valence electrons. The van der Waals surface area contributed by atoms with E-state index in [-0.39, 0.29) is 5.91 Å². The molecule has 1 amide bonds. The monoisotopic (exact) mass is 288 g/mol. The lowest BCUT2D eigenvalue weighted by molar-refractivity contribution is -0.115. The van der Waals surface area contributed by atoms with Crippen molar-refractivity contribution in [2.45, 2.75) is 19.9 Å². The summed E-state index contributed by atoms with van der Waals surface area (Å²) in [5.74, 6) is 0.0182. The molecule has 0 radical (unpaired) electrons. The molecule has 0 atom stereocenters. The van der Waals surface area contributed by atoms with Crippen molar-refractivity contribution in [3.8, 4) is 0 Å². The minimum absolute atomic E-state index is 0.0182. The Hall–Kier alpha value is -2.00. The summed E-state index contributed by atoms with van der Waals surface area (Å²) in [7, 11) is 0. The van der Waals surface area contributed by atoms with E-state index < -0.39 is 0 Å². The molecule has 3 nitrogen and oxygen atoms in total. The minimum Gasteiger partial charge on any atom is -0.381 e. The molecular formula is C16H17ClN2O. The third-order valence-corrected chi connectivity index (χ3v) is 3.11. The second-order valence-electron chi connectivity index (χ2n) is 4.46. The highest BCUT2D eigenvalue weighted by atomic mass is 35.5. The highest BCUT2D eigenvalue weighted by Gasteiger charge is 1.99. The molecule has 20 heavy (non-hydrogen) atoms. The SMILES string of the molecule is CCC(=O)Nc1ccc(NCc2cccc(Cl)c2)cc1. The van der Waals surface area contributed by atoms with E-state index in [0.717, 1.165) is 22.0 Å². The van der Waals surface area contributed by atoms with Crippen LogP contribution in [0.2, 0.25) is 5.02 Å². The highest BCUT2D eigenvalue weighted by molar-refractivity contribution is 6.30. The van der Waals surface area contributed by atoms with Gasteiger partial charge in [0.25, 0.3) is 0 Å². The van der Waals surface area contributed by atoms with Crippen LogP contribution in [0.4, 0.5) is 11.4 Å². The molecular weight excluding hydrogens is 272 g/mol. The minimum atomic E-state index is 0.0182. The standard InChI is InChI=1S/C16H17ClN2O/c1-2-16(20)19-15-8-6-14(7-9-15)18-11-12-4-3-5-13(17)10-12/h3-10,18H,2,11H2,1H3,(H,19,20). The maximum absolute atomic E-state index is 11.3.